The molecule has 2 fully saturated rings. The zero-order chi connectivity index (χ0) is 10.7. The fourth-order valence-electron chi connectivity index (χ4n) is 2.39. The third-order valence-electron chi connectivity index (χ3n) is 3.50. The highest BCUT2D eigenvalue weighted by atomic mass is 16.5. The van der Waals surface area contributed by atoms with Gasteiger partial charge in [0.1, 0.15) is 0 Å². The van der Waals surface area contributed by atoms with Gasteiger partial charge < -0.3 is 9.84 Å². The molecule has 1 N–H and O–H groups in total. The Kier molecular flexibility index (Phi) is 4.00. The lowest BCUT2D eigenvalue weighted by atomic mass is 10.0. The van der Waals surface area contributed by atoms with E-state index in [1.807, 2.05) is 0 Å². The highest BCUT2D eigenvalue weighted by Crippen LogP contribution is 2.31. The molecule has 3 nitrogen and oxygen atoms in total. The molecule has 1 heterocycles. The molecular formula is C12H23NO2. The topological polar surface area (TPSA) is 32.7 Å². The molecule has 0 aromatic rings. The van der Waals surface area contributed by atoms with Crippen molar-refractivity contribution in [2.24, 2.45) is 0 Å². The minimum absolute atomic E-state index is 0.170. The summed E-state index contributed by atoms with van der Waals surface area (Å²) < 4.78 is 5.49. The van der Waals surface area contributed by atoms with E-state index in [1.54, 1.807) is 0 Å². The summed E-state index contributed by atoms with van der Waals surface area (Å²) in [6.45, 7) is 4.80. The molecule has 1 saturated carbocycles. The summed E-state index contributed by atoms with van der Waals surface area (Å²) in [5, 5.41) is 9.99. The molecule has 0 radical (unpaired) electrons. The van der Waals surface area contributed by atoms with Crippen molar-refractivity contribution in [2.75, 3.05) is 19.8 Å². The molecule has 15 heavy (non-hydrogen) atoms. The van der Waals surface area contributed by atoms with Gasteiger partial charge in [-0.25, -0.2) is 0 Å². The first kappa shape index (κ1) is 11.4. The Balaban J connectivity index is 1.89. The average molecular weight is 213 g/mol. The van der Waals surface area contributed by atoms with Crippen LogP contribution in [-0.4, -0.2) is 48.0 Å². The van der Waals surface area contributed by atoms with E-state index in [1.165, 1.54) is 25.7 Å². The fraction of sp³-hybridized carbons (Fsp3) is 1.00. The van der Waals surface area contributed by atoms with Crippen LogP contribution in [-0.2, 0) is 4.74 Å². The quantitative estimate of drug-likeness (QED) is 0.749. The number of aliphatic hydroxyl groups is 1. The minimum atomic E-state index is -0.170. The monoisotopic (exact) mass is 213 g/mol. The molecule has 2 atom stereocenters. The smallest absolute Gasteiger partial charge is 0.0739 e. The van der Waals surface area contributed by atoms with Crippen molar-refractivity contribution in [3.8, 4) is 0 Å². The van der Waals surface area contributed by atoms with Gasteiger partial charge in [0.05, 0.1) is 18.8 Å². The molecule has 2 unspecified atom stereocenters. The largest absolute Gasteiger partial charge is 0.391 e. The van der Waals surface area contributed by atoms with Crippen LogP contribution in [0.5, 0.6) is 0 Å². The minimum Gasteiger partial charge on any atom is -0.391 e. The first-order valence-electron chi connectivity index (χ1n) is 6.34. The second-order valence-electron chi connectivity index (χ2n) is 4.82. The Hall–Kier alpha value is -0.120. The Bertz CT molecular complexity index is 194. The van der Waals surface area contributed by atoms with Crippen LogP contribution in [0.25, 0.3) is 0 Å². The molecule has 0 aromatic heterocycles. The summed E-state index contributed by atoms with van der Waals surface area (Å²) in [4.78, 5) is 2.49. The van der Waals surface area contributed by atoms with Crippen molar-refractivity contribution in [1.82, 2.24) is 4.90 Å². The Morgan fingerprint density at radius 3 is 2.73 bits per heavy atom. The van der Waals surface area contributed by atoms with Crippen molar-refractivity contribution in [3.05, 3.63) is 0 Å². The predicted molar refractivity (Wildman–Crippen MR) is 59.9 cm³/mol. The molecule has 1 aliphatic carbocycles. The van der Waals surface area contributed by atoms with Crippen LogP contribution in [0.4, 0.5) is 0 Å². The lowest BCUT2D eigenvalue weighted by molar-refractivity contribution is -0.0642. The summed E-state index contributed by atoms with van der Waals surface area (Å²) in [6.07, 6.45) is 5.73. The Labute approximate surface area is 92.4 Å². The van der Waals surface area contributed by atoms with Crippen LogP contribution in [0.2, 0.25) is 0 Å². The second kappa shape index (κ2) is 5.28. The first-order valence-corrected chi connectivity index (χ1v) is 6.34. The van der Waals surface area contributed by atoms with Crippen molar-refractivity contribution >= 4 is 0 Å². The molecule has 2 rings (SSSR count). The van der Waals surface area contributed by atoms with E-state index in [9.17, 15) is 5.11 Å². The summed E-state index contributed by atoms with van der Waals surface area (Å²) in [6, 6.07) is 0.996. The number of aliphatic hydroxyl groups excluding tert-OH is 1. The third kappa shape index (κ3) is 2.92. The van der Waals surface area contributed by atoms with Gasteiger partial charge in [-0.3, -0.25) is 4.90 Å². The van der Waals surface area contributed by atoms with Gasteiger partial charge in [-0.15, -0.1) is 0 Å². The molecule has 88 valence electrons. The lowest BCUT2D eigenvalue weighted by Crippen LogP contribution is -2.51. The number of unbranched alkanes of at least 4 members (excludes halogenated alkanes) is 1. The Morgan fingerprint density at radius 1 is 1.33 bits per heavy atom. The van der Waals surface area contributed by atoms with Crippen LogP contribution in [0.15, 0.2) is 0 Å². The van der Waals surface area contributed by atoms with E-state index in [4.69, 9.17) is 4.74 Å². The van der Waals surface area contributed by atoms with E-state index < -0.39 is 0 Å². The van der Waals surface area contributed by atoms with Crippen molar-refractivity contribution in [2.45, 2.75) is 57.2 Å². The van der Waals surface area contributed by atoms with Crippen LogP contribution < -0.4 is 0 Å². The molecule has 0 bridgehead atoms. The van der Waals surface area contributed by atoms with Gasteiger partial charge in [-0.2, -0.15) is 0 Å². The molecule has 2 aliphatic rings. The van der Waals surface area contributed by atoms with Gasteiger partial charge in [0.25, 0.3) is 0 Å². The maximum atomic E-state index is 9.99. The highest BCUT2D eigenvalue weighted by molar-refractivity contribution is 4.92. The van der Waals surface area contributed by atoms with Crippen molar-refractivity contribution in [1.29, 1.82) is 0 Å². The van der Waals surface area contributed by atoms with Crippen LogP contribution >= 0.6 is 0 Å². The molecule has 0 spiro atoms. The highest BCUT2D eigenvalue weighted by Gasteiger charge is 2.37. The molecule has 1 aliphatic heterocycles. The van der Waals surface area contributed by atoms with Crippen molar-refractivity contribution < 1.29 is 9.84 Å². The summed E-state index contributed by atoms with van der Waals surface area (Å²) in [5.74, 6) is 0. The number of hydrogen-bond acceptors (Lipinski definition) is 3. The van der Waals surface area contributed by atoms with E-state index in [-0.39, 0.29) is 12.1 Å². The zero-order valence-electron chi connectivity index (χ0n) is 9.69. The molecule has 3 heteroatoms. The standard InChI is InChI=1S/C12H23NO2/c1-2-3-7-13(10-4-5-10)11-9-15-8-6-12(11)14/h10-12,14H,2-9H2,1H3. The lowest BCUT2D eigenvalue weighted by Gasteiger charge is -2.37. The van der Waals surface area contributed by atoms with Crippen LogP contribution in [0, 0.1) is 0 Å². The third-order valence-corrected chi connectivity index (χ3v) is 3.50. The van der Waals surface area contributed by atoms with Gasteiger partial charge >= 0.3 is 0 Å². The predicted octanol–water partition coefficient (Wildman–Crippen LogP) is 1.40. The van der Waals surface area contributed by atoms with Gasteiger partial charge in [0.2, 0.25) is 0 Å². The number of rotatable bonds is 5. The summed E-state index contributed by atoms with van der Waals surface area (Å²) in [5.41, 5.74) is 0. The number of nitrogens with zero attached hydrogens (tertiary/aromatic N) is 1. The summed E-state index contributed by atoms with van der Waals surface area (Å²) >= 11 is 0. The van der Waals surface area contributed by atoms with Crippen LogP contribution in [0.1, 0.15) is 39.0 Å². The molecule has 1 saturated heterocycles. The van der Waals surface area contributed by atoms with Crippen molar-refractivity contribution in [3.63, 3.8) is 0 Å². The second-order valence-corrected chi connectivity index (χ2v) is 4.82. The number of ether oxygens (including phenoxy) is 1. The zero-order valence-corrected chi connectivity index (χ0v) is 9.69. The van der Waals surface area contributed by atoms with Gasteiger partial charge in [0, 0.05) is 12.6 Å². The first-order chi connectivity index (χ1) is 7.33. The SMILES string of the molecule is CCCCN(C1CC1)C1COCCC1O. The van der Waals surface area contributed by atoms with E-state index in [0.717, 1.165) is 32.2 Å². The molecular weight excluding hydrogens is 190 g/mol. The number of hydrogen-bond donors (Lipinski definition) is 1. The normalized spacial score (nSPS) is 32.2. The molecule has 0 amide bonds. The van der Waals surface area contributed by atoms with Gasteiger partial charge in [-0.05, 0) is 32.2 Å². The Morgan fingerprint density at radius 2 is 2.13 bits per heavy atom. The maximum absolute atomic E-state index is 9.99. The van der Waals surface area contributed by atoms with E-state index in [2.05, 4.69) is 11.8 Å². The van der Waals surface area contributed by atoms with Crippen LogP contribution in [0.3, 0.4) is 0 Å². The summed E-state index contributed by atoms with van der Waals surface area (Å²) in [7, 11) is 0. The maximum Gasteiger partial charge on any atom is 0.0739 e. The van der Waals surface area contributed by atoms with E-state index >= 15 is 0 Å². The fourth-order valence-corrected chi connectivity index (χ4v) is 2.39. The van der Waals surface area contributed by atoms with Gasteiger partial charge in [-0.1, -0.05) is 13.3 Å². The van der Waals surface area contributed by atoms with E-state index in [0.29, 0.717) is 0 Å². The average Bonchev–Trinajstić information content (AvgIpc) is 3.05. The molecule has 0 aromatic carbocycles. The van der Waals surface area contributed by atoms with Gasteiger partial charge in [0.15, 0.2) is 0 Å².